The third kappa shape index (κ3) is 7.36. The number of aromatic nitrogens is 1. The number of fused-ring (bicyclic) bond motifs is 5. The number of rotatable bonds is 4. The first kappa shape index (κ1) is 37.3. The highest BCUT2D eigenvalue weighted by molar-refractivity contribution is 7.92. The lowest BCUT2D eigenvalue weighted by atomic mass is 9.68. The van der Waals surface area contributed by atoms with Crippen molar-refractivity contribution in [2.24, 2.45) is 22.1 Å². The van der Waals surface area contributed by atoms with Crippen molar-refractivity contribution in [3.05, 3.63) is 93.8 Å². The number of nitrogens with zero attached hydrogens (tertiary/aromatic N) is 3. The molecule has 54 heavy (non-hydrogen) atoms. The van der Waals surface area contributed by atoms with Gasteiger partial charge in [0, 0.05) is 54.6 Å². The van der Waals surface area contributed by atoms with Crippen LogP contribution in [0, 0.1) is 17.8 Å². The van der Waals surface area contributed by atoms with Crippen LogP contribution in [0.15, 0.2) is 65.2 Å². The maximum absolute atomic E-state index is 14.7. The topological polar surface area (TPSA) is 111 Å². The van der Waals surface area contributed by atoms with Crippen molar-refractivity contribution in [3.8, 4) is 5.75 Å². The summed E-state index contributed by atoms with van der Waals surface area (Å²) >= 11 is 6.47. The number of hydrogen-bond acceptors (Lipinski definition) is 7. The van der Waals surface area contributed by atoms with E-state index in [-0.39, 0.29) is 29.3 Å². The largest absolute Gasteiger partial charge is 0.490 e. The number of benzene rings is 2. The number of allylic oxidation sites excluding steroid dienone is 1. The molecule has 12 heteroatoms. The zero-order valence-electron chi connectivity index (χ0n) is 31.4. The number of amides is 2. The van der Waals surface area contributed by atoms with Crippen LogP contribution in [0.5, 0.6) is 5.75 Å². The predicted octanol–water partition coefficient (Wildman–Crippen LogP) is 7.51. The van der Waals surface area contributed by atoms with Gasteiger partial charge in [0.15, 0.2) is 0 Å². The molecule has 1 fully saturated rings. The van der Waals surface area contributed by atoms with Gasteiger partial charge in [-0.3, -0.25) is 14.3 Å². The van der Waals surface area contributed by atoms with Crippen LogP contribution in [0.1, 0.15) is 89.9 Å². The predicted molar refractivity (Wildman–Crippen MR) is 211 cm³/mol. The zero-order chi connectivity index (χ0) is 37.6. The molecule has 0 saturated heterocycles. The fourth-order valence-corrected chi connectivity index (χ4v) is 11.3. The average Bonchev–Trinajstić information content (AvgIpc) is 3.51. The molecule has 10 nitrogen and oxygen atoms in total. The highest BCUT2D eigenvalue weighted by Crippen LogP contribution is 2.47. The molecule has 5 aliphatic rings. The van der Waals surface area contributed by atoms with Gasteiger partial charge in [-0.1, -0.05) is 43.7 Å². The number of hydrogen-bond donors (Lipinski definition) is 1. The van der Waals surface area contributed by atoms with Gasteiger partial charge in [0.1, 0.15) is 15.7 Å². The first-order valence-electron chi connectivity index (χ1n) is 19.5. The molecule has 7 atom stereocenters. The van der Waals surface area contributed by atoms with E-state index in [9.17, 15) is 13.8 Å². The minimum Gasteiger partial charge on any atom is -0.490 e. The monoisotopic (exact) mass is 774 g/mol. The van der Waals surface area contributed by atoms with Crippen LogP contribution in [0.3, 0.4) is 0 Å². The van der Waals surface area contributed by atoms with Crippen LogP contribution in [-0.4, -0.2) is 65.4 Å². The van der Waals surface area contributed by atoms with Gasteiger partial charge in [-0.25, -0.2) is 4.21 Å². The molecule has 2 aromatic carbocycles. The Morgan fingerprint density at radius 2 is 2.04 bits per heavy atom. The quantitative estimate of drug-likeness (QED) is 0.273. The van der Waals surface area contributed by atoms with Crippen molar-refractivity contribution in [2.75, 3.05) is 37.5 Å². The number of carbonyl (C=O) groups is 2. The van der Waals surface area contributed by atoms with E-state index < -0.39 is 21.7 Å². The second kappa shape index (κ2) is 15.1. The van der Waals surface area contributed by atoms with E-state index in [1.807, 2.05) is 29.7 Å². The average molecular weight is 775 g/mol. The summed E-state index contributed by atoms with van der Waals surface area (Å²) in [5.74, 6) is 0.141. The number of methoxy groups -OCH3 is 1. The molecule has 288 valence electrons. The van der Waals surface area contributed by atoms with Gasteiger partial charge >= 0.3 is 0 Å². The van der Waals surface area contributed by atoms with Crippen molar-refractivity contribution in [2.45, 2.75) is 89.6 Å². The molecule has 1 N–H and O–H groups in total. The van der Waals surface area contributed by atoms with E-state index in [4.69, 9.17) is 25.8 Å². The molecule has 0 radical (unpaired) electrons. The van der Waals surface area contributed by atoms with Crippen molar-refractivity contribution < 1.29 is 28.0 Å². The van der Waals surface area contributed by atoms with Crippen LogP contribution in [0.4, 0.5) is 5.69 Å². The summed E-state index contributed by atoms with van der Waals surface area (Å²) in [7, 11) is -1.77. The summed E-state index contributed by atoms with van der Waals surface area (Å²) in [6, 6.07) is 13.4. The van der Waals surface area contributed by atoms with E-state index >= 15 is 0 Å². The summed E-state index contributed by atoms with van der Waals surface area (Å²) in [6.45, 7) is 7.09. The highest BCUT2D eigenvalue weighted by Gasteiger charge is 2.44. The normalized spacial score (nSPS) is 31.4. The lowest BCUT2D eigenvalue weighted by Gasteiger charge is -2.46. The van der Waals surface area contributed by atoms with E-state index in [0.29, 0.717) is 54.9 Å². The molecule has 3 aromatic rings. The van der Waals surface area contributed by atoms with Gasteiger partial charge in [0.25, 0.3) is 11.8 Å². The lowest BCUT2D eigenvalue weighted by molar-refractivity contribution is 0.00269. The Labute approximate surface area is 323 Å². The van der Waals surface area contributed by atoms with Crippen LogP contribution >= 0.6 is 11.6 Å². The summed E-state index contributed by atoms with van der Waals surface area (Å²) in [5, 5.41) is 0.742. The summed E-state index contributed by atoms with van der Waals surface area (Å²) in [5.41, 5.74) is 4.66. The van der Waals surface area contributed by atoms with Crippen LogP contribution in [0.2, 0.25) is 5.02 Å². The van der Waals surface area contributed by atoms with E-state index in [1.54, 1.807) is 25.4 Å². The molecule has 1 spiro atoms. The standard InChI is InChI=1S/C42H51ClN4O6S/c1-4-34-22-46-21-31(18-33(46)23-52-34)41(49)45-54(50)24-27(2)7-5-9-38(51-3)35-13-10-30(35)20-47-25-42(16-6-8-28-17-32(43)12-14-36(28)42)26-53-39-15-11-29(19-37(39)47)40(48)44-54/h5,9,11-12,14-15,17-19,21,27,30,34-35,38H,4,6-8,10,13,16,20,22-26H2,1-3H3,(H,44,45,48,49,50)/b9-5+/t27-,30-,34-,35+,38-,42-,54-/m0/s1. The second-order valence-electron chi connectivity index (χ2n) is 16.1. The fraction of sp³-hybridized carbons (Fsp3) is 0.524. The van der Waals surface area contributed by atoms with E-state index in [1.165, 1.54) is 11.1 Å². The van der Waals surface area contributed by atoms with Crippen LogP contribution < -0.4 is 14.4 Å². The summed E-state index contributed by atoms with van der Waals surface area (Å²) in [4.78, 5) is 30.3. The third-order valence-corrected chi connectivity index (χ3v) is 14.6. The number of ether oxygens (including phenoxy) is 3. The molecule has 2 bridgehead atoms. The number of halogens is 1. The molecule has 2 amide bonds. The Balaban J connectivity index is 1.17. The third-order valence-electron chi connectivity index (χ3n) is 12.3. The highest BCUT2D eigenvalue weighted by atomic mass is 35.5. The van der Waals surface area contributed by atoms with Gasteiger partial charge in [-0.2, -0.15) is 0 Å². The Morgan fingerprint density at radius 1 is 1.17 bits per heavy atom. The number of anilines is 1. The molecule has 1 saturated carbocycles. The Bertz CT molecular complexity index is 2090. The minimum absolute atomic E-state index is 0.0131. The smallest absolute Gasteiger partial charge is 0.286 e. The SMILES string of the molecule is CC[C@H]1Cn2cc(C(=O)N[S@@]3(=O)=NC(=O)c4ccc5c(c4)N(C[C@@H]4CC[C@H]4[C@@H](OC)/C=C/C[C@H](C)C3)C[C@@]3(CCCc4cc(Cl)ccc43)CO5)cc2CO1. The van der Waals surface area contributed by atoms with Gasteiger partial charge in [0.2, 0.25) is 0 Å². The van der Waals surface area contributed by atoms with Gasteiger partial charge in [-0.15, -0.1) is 4.36 Å². The van der Waals surface area contributed by atoms with Crippen molar-refractivity contribution >= 4 is 39.0 Å². The number of aryl methyl sites for hydroxylation is 1. The lowest BCUT2D eigenvalue weighted by Crippen LogP contribution is -2.49. The molecule has 4 heterocycles. The van der Waals surface area contributed by atoms with Crippen LogP contribution in [-0.2, 0) is 44.4 Å². The maximum Gasteiger partial charge on any atom is 0.286 e. The van der Waals surface area contributed by atoms with Crippen molar-refractivity contribution in [1.29, 1.82) is 0 Å². The van der Waals surface area contributed by atoms with E-state index in [2.05, 4.69) is 45.2 Å². The maximum atomic E-state index is 14.7. The van der Waals surface area contributed by atoms with Crippen molar-refractivity contribution in [3.63, 3.8) is 0 Å². The minimum atomic E-state index is -3.54. The molecule has 0 unspecified atom stereocenters. The Kier molecular flexibility index (Phi) is 10.4. The number of nitrogens with one attached hydrogen (secondary N) is 1. The summed E-state index contributed by atoms with van der Waals surface area (Å²) in [6.07, 6.45) is 12.6. The van der Waals surface area contributed by atoms with E-state index in [0.717, 1.165) is 68.0 Å². The van der Waals surface area contributed by atoms with Crippen LogP contribution in [0.25, 0.3) is 0 Å². The fourth-order valence-electron chi connectivity index (χ4n) is 9.26. The Hall–Kier alpha value is -3.64. The zero-order valence-corrected chi connectivity index (χ0v) is 33.0. The molecular weight excluding hydrogens is 724 g/mol. The van der Waals surface area contributed by atoms with Gasteiger partial charge in [0.05, 0.1) is 42.4 Å². The van der Waals surface area contributed by atoms with Gasteiger partial charge < -0.3 is 23.7 Å². The second-order valence-corrected chi connectivity index (χ2v) is 18.5. The van der Waals surface area contributed by atoms with Crippen molar-refractivity contribution in [1.82, 2.24) is 9.29 Å². The molecule has 8 rings (SSSR count). The summed E-state index contributed by atoms with van der Waals surface area (Å²) < 4.78 is 42.5. The molecule has 3 aliphatic heterocycles. The first-order valence-corrected chi connectivity index (χ1v) is 21.5. The molecule has 2 aliphatic carbocycles. The molecule has 1 aromatic heterocycles. The van der Waals surface area contributed by atoms with Gasteiger partial charge in [-0.05, 0) is 110 Å². The molecular formula is C42H51ClN4O6S. The first-order chi connectivity index (χ1) is 26.0. The Morgan fingerprint density at radius 3 is 2.83 bits per heavy atom. The number of carbonyl (C=O) groups excluding carboxylic acids is 2.